The van der Waals surface area contributed by atoms with Crippen molar-refractivity contribution in [1.82, 2.24) is 5.32 Å². The zero-order valence-corrected chi connectivity index (χ0v) is 12.8. The molecule has 0 aromatic heterocycles. The summed E-state index contributed by atoms with van der Waals surface area (Å²) in [4.78, 5) is 23.6. The summed E-state index contributed by atoms with van der Waals surface area (Å²) in [6.45, 7) is -0.228. The molecular formula is C18H16F3NO2. The Hall–Kier alpha value is -2.63. The van der Waals surface area contributed by atoms with Gasteiger partial charge in [0.15, 0.2) is 5.78 Å². The van der Waals surface area contributed by atoms with E-state index < -0.39 is 17.6 Å². The van der Waals surface area contributed by atoms with Gasteiger partial charge in [-0.1, -0.05) is 48.5 Å². The number of nitrogens with one attached hydrogen (secondary N) is 1. The number of benzene rings is 2. The summed E-state index contributed by atoms with van der Waals surface area (Å²) in [7, 11) is 0. The monoisotopic (exact) mass is 335 g/mol. The number of hydrogen-bond donors (Lipinski definition) is 1. The van der Waals surface area contributed by atoms with Crippen LogP contribution in [0.25, 0.3) is 0 Å². The maximum Gasteiger partial charge on any atom is 0.416 e. The fourth-order valence-electron chi connectivity index (χ4n) is 2.23. The summed E-state index contributed by atoms with van der Waals surface area (Å²) in [5, 5.41) is 2.43. The zero-order chi connectivity index (χ0) is 17.6. The molecule has 0 fully saturated rings. The van der Waals surface area contributed by atoms with E-state index in [0.717, 1.165) is 6.07 Å². The number of hydrogen-bond acceptors (Lipinski definition) is 2. The Morgan fingerprint density at radius 2 is 1.50 bits per heavy atom. The molecule has 0 aliphatic carbocycles. The summed E-state index contributed by atoms with van der Waals surface area (Å²) in [5.74, 6) is -0.641. The van der Waals surface area contributed by atoms with Crippen LogP contribution in [0.15, 0.2) is 54.6 Å². The van der Waals surface area contributed by atoms with Gasteiger partial charge in [-0.3, -0.25) is 9.59 Å². The fourth-order valence-corrected chi connectivity index (χ4v) is 2.23. The standard InChI is InChI=1S/C18H16F3NO2/c19-18(20,21)15-9-5-4-8-14(15)12-22-17(24)11-10-16(23)13-6-2-1-3-7-13/h1-9H,10-12H2,(H,22,24). The van der Waals surface area contributed by atoms with Gasteiger partial charge in [-0.15, -0.1) is 0 Å². The summed E-state index contributed by atoms with van der Waals surface area (Å²) >= 11 is 0. The van der Waals surface area contributed by atoms with Crippen LogP contribution in [0.2, 0.25) is 0 Å². The Kier molecular flexibility index (Phi) is 5.73. The molecule has 1 N–H and O–H groups in total. The lowest BCUT2D eigenvalue weighted by atomic mass is 10.1. The fraction of sp³-hybridized carbons (Fsp3) is 0.222. The van der Waals surface area contributed by atoms with Gasteiger partial charge in [0.25, 0.3) is 0 Å². The number of rotatable bonds is 6. The average molecular weight is 335 g/mol. The Balaban J connectivity index is 1.87. The summed E-state index contributed by atoms with van der Waals surface area (Å²) < 4.78 is 38.6. The van der Waals surface area contributed by atoms with E-state index in [-0.39, 0.29) is 30.7 Å². The molecule has 6 heteroatoms. The molecule has 0 saturated heterocycles. The van der Waals surface area contributed by atoms with E-state index in [2.05, 4.69) is 5.32 Å². The van der Waals surface area contributed by atoms with Crippen molar-refractivity contribution in [3.63, 3.8) is 0 Å². The first-order valence-corrected chi connectivity index (χ1v) is 7.38. The van der Waals surface area contributed by atoms with Gasteiger partial charge < -0.3 is 5.32 Å². The summed E-state index contributed by atoms with van der Waals surface area (Å²) in [6, 6.07) is 13.6. The van der Waals surface area contributed by atoms with Gasteiger partial charge in [0.1, 0.15) is 0 Å². The topological polar surface area (TPSA) is 46.2 Å². The third-order valence-electron chi connectivity index (χ3n) is 3.47. The van der Waals surface area contributed by atoms with Crippen molar-refractivity contribution in [2.24, 2.45) is 0 Å². The molecule has 0 heterocycles. The first kappa shape index (κ1) is 17.7. The van der Waals surface area contributed by atoms with E-state index in [9.17, 15) is 22.8 Å². The van der Waals surface area contributed by atoms with Crippen LogP contribution < -0.4 is 5.32 Å². The first-order chi connectivity index (χ1) is 11.4. The lowest BCUT2D eigenvalue weighted by Gasteiger charge is -2.13. The molecule has 0 aliphatic heterocycles. The molecule has 0 unspecified atom stereocenters. The van der Waals surface area contributed by atoms with Crippen molar-refractivity contribution in [3.05, 3.63) is 71.3 Å². The van der Waals surface area contributed by atoms with Gasteiger partial charge >= 0.3 is 6.18 Å². The maximum absolute atomic E-state index is 12.9. The van der Waals surface area contributed by atoms with E-state index in [1.165, 1.54) is 18.2 Å². The van der Waals surface area contributed by atoms with Crippen LogP contribution in [0.5, 0.6) is 0 Å². The van der Waals surface area contributed by atoms with E-state index in [0.29, 0.717) is 5.56 Å². The minimum absolute atomic E-state index is 0.00673. The number of halogens is 3. The molecule has 0 spiro atoms. The highest BCUT2D eigenvalue weighted by Crippen LogP contribution is 2.31. The summed E-state index contributed by atoms with van der Waals surface area (Å²) in [5.41, 5.74) is -0.272. The molecule has 0 bridgehead atoms. The van der Waals surface area contributed by atoms with Crippen LogP contribution in [0, 0.1) is 0 Å². The van der Waals surface area contributed by atoms with Crippen molar-refractivity contribution in [1.29, 1.82) is 0 Å². The molecule has 1 amide bonds. The van der Waals surface area contributed by atoms with Gasteiger partial charge in [0.05, 0.1) is 5.56 Å². The van der Waals surface area contributed by atoms with Crippen LogP contribution in [0.4, 0.5) is 13.2 Å². The molecule has 126 valence electrons. The molecule has 0 radical (unpaired) electrons. The van der Waals surface area contributed by atoms with E-state index in [1.54, 1.807) is 30.3 Å². The van der Waals surface area contributed by atoms with Crippen LogP contribution in [0.3, 0.4) is 0 Å². The van der Waals surface area contributed by atoms with Gasteiger partial charge in [-0.05, 0) is 11.6 Å². The highest BCUT2D eigenvalue weighted by Gasteiger charge is 2.32. The predicted octanol–water partition coefficient (Wildman–Crippen LogP) is 3.98. The average Bonchev–Trinajstić information content (AvgIpc) is 2.58. The number of carbonyl (C=O) groups is 2. The third-order valence-corrected chi connectivity index (χ3v) is 3.47. The van der Waals surface area contributed by atoms with Crippen molar-refractivity contribution >= 4 is 11.7 Å². The van der Waals surface area contributed by atoms with E-state index in [1.807, 2.05) is 0 Å². The normalized spacial score (nSPS) is 11.1. The molecular weight excluding hydrogens is 319 g/mol. The molecule has 0 saturated carbocycles. The Morgan fingerprint density at radius 3 is 2.17 bits per heavy atom. The number of amides is 1. The largest absolute Gasteiger partial charge is 0.416 e. The SMILES string of the molecule is O=C(CCC(=O)c1ccccc1)NCc1ccccc1C(F)(F)F. The zero-order valence-electron chi connectivity index (χ0n) is 12.8. The van der Waals surface area contributed by atoms with Crippen molar-refractivity contribution in [2.45, 2.75) is 25.6 Å². The van der Waals surface area contributed by atoms with Gasteiger partial charge in [0, 0.05) is 24.9 Å². The number of Topliss-reactive ketones (excluding diaryl/α,β-unsaturated/α-hetero) is 1. The molecule has 0 aliphatic rings. The number of ketones is 1. The van der Waals surface area contributed by atoms with Crippen LogP contribution in [-0.2, 0) is 17.5 Å². The quantitative estimate of drug-likeness (QED) is 0.812. The number of carbonyl (C=O) groups excluding carboxylic acids is 2. The molecule has 24 heavy (non-hydrogen) atoms. The first-order valence-electron chi connectivity index (χ1n) is 7.38. The highest BCUT2D eigenvalue weighted by atomic mass is 19.4. The lowest BCUT2D eigenvalue weighted by Crippen LogP contribution is -2.24. The van der Waals surface area contributed by atoms with Gasteiger partial charge in [0.2, 0.25) is 5.91 Å². The van der Waals surface area contributed by atoms with Crippen molar-refractivity contribution in [3.8, 4) is 0 Å². The second-order valence-electron chi connectivity index (χ2n) is 5.22. The summed E-state index contributed by atoms with van der Waals surface area (Å²) in [6.07, 6.45) is -4.52. The van der Waals surface area contributed by atoms with Crippen LogP contribution >= 0.6 is 0 Å². The molecule has 3 nitrogen and oxygen atoms in total. The molecule has 2 aromatic carbocycles. The third kappa shape index (κ3) is 4.94. The lowest BCUT2D eigenvalue weighted by molar-refractivity contribution is -0.138. The minimum Gasteiger partial charge on any atom is -0.352 e. The predicted molar refractivity (Wildman–Crippen MR) is 83.3 cm³/mol. The minimum atomic E-state index is -4.47. The van der Waals surface area contributed by atoms with E-state index >= 15 is 0 Å². The second kappa shape index (κ2) is 7.77. The maximum atomic E-state index is 12.9. The van der Waals surface area contributed by atoms with Gasteiger partial charge in [-0.25, -0.2) is 0 Å². The van der Waals surface area contributed by atoms with Gasteiger partial charge in [-0.2, -0.15) is 13.2 Å². The number of alkyl halides is 3. The van der Waals surface area contributed by atoms with Crippen molar-refractivity contribution in [2.75, 3.05) is 0 Å². The smallest absolute Gasteiger partial charge is 0.352 e. The van der Waals surface area contributed by atoms with Crippen LogP contribution in [-0.4, -0.2) is 11.7 Å². The molecule has 2 rings (SSSR count). The second-order valence-corrected chi connectivity index (χ2v) is 5.22. The Labute approximate surface area is 137 Å². The Morgan fingerprint density at radius 1 is 0.875 bits per heavy atom. The molecule has 2 aromatic rings. The molecule has 0 atom stereocenters. The van der Waals surface area contributed by atoms with Crippen LogP contribution in [0.1, 0.15) is 34.3 Å². The van der Waals surface area contributed by atoms with Crippen molar-refractivity contribution < 1.29 is 22.8 Å². The van der Waals surface area contributed by atoms with E-state index in [4.69, 9.17) is 0 Å². The Bertz CT molecular complexity index is 712. The highest BCUT2D eigenvalue weighted by molar-refractivity contribution is 5.97.